The second-order valence-electron chi connectivity index (χ2n) is 6.87. The number of rotatable bonds is 3. The zero-order chi connectivity index (χ0) is 17.4. The SMILES string of the molecule is C[C@]1(c2ccccc2)NC(=O)N(CN2CCc3ccccc3C2)C1=O. The molecule has 1 saturated heterocycles. The van der Waals surface area contributed by atoms with Crippen molar-refractivity contribution in [3.63, 3.8) is 0 Å². The summed E-state index contributed by atoms with van der Waals surface area (Å²) in [5.74, 6) is -0.192. The van der Waals surface area contributed by atoms with Gasteiger partial charge in [0.2, 0.25) is 0 Å². The maximum Gasteiger partial charge on any atom is 0.326 e. The number of nitrogens with zero attached hydrogens (tertiary/aromatic N) is 2. The minimum Gasteiger partial charge on any atom is -0.319 e. The van der Waals surface area contributed by atoms with Gasteiger partial charge < -0.3 is 5.32 Å². The first-order valence-corrected chi connectivity index (χ1v) is 8.57. The maximum atomic E-state index is 13.0. The van der Waals surface area contributed by atoms with Gasteiger partial charge in [0.05, 0.1) is 6.67 Å². The number of urea groups is 1. The van der Waals surface area contributed by atoms with Crippen LogP contribution in [0.5, 0.6) is 0 Å². The molecule has 5 nitrogen and oxygen atoms in total. The number of hydrogen-bond acceptors (Lipinski definition) is 3. The van der Waals surface area contributed by atoms with E-state index in [0.717, 1.165) is 25.1 Å². The van der Waals surface area contributed by atoms with E-state index in [1.54, 1.807) is 6.92 Å². The van der Waals surface area contributed by atoms with E-state index in [-0.39, 0.29) is 11.9 Å². The predicted molar refractivity (Wildman–Crippen MR) is 94.6 cm³/mol. The number of nitrogens with one attached hydrogen (secondary N) is 1. The molecule has 0 aliphatic carbocycles. The van der Waals surface area contributed by atoms with Crippen molar-refractivity contribution in [1.82, 2.24) is 15.1 Å². The van der Waals surface area contributed by atoms with E-state index in [1.165, 1.54) is 16.0 Å². The molecule has 0 unspecified atom stereocenters. The highest BCUT2D eigenvalue weighted by molar-refractivity contribution is 6.07. The Labute approximate surface area is 147 Å². The molecule has 25 heavy (non-hydrogen) atoms. The molecule has 1 fully saturated rings. The first-order valence-electron chi connectivity index (χ1n) is 8.57. The fourth-order valence-corrected chi connectivity index (χ4v) is 3.67. The van der Waals surface area contributed by atoms with Crippen molar-refractivity contribution in [1.29, 1.82) is 0 Å². The minimum atomic E-state index is -0.994. The van der Waals surface area contributed by atoms with Gasteiger partial charge in [-0.2, -0.15) is 0 Å². The minimum absolute atomic E-state index is 0.192. The Balaban J connectivity index is 1.52. The number of benzene rings is 2. The molecule has 2 aromatic rings. The van der Waals surface area contributed by atoms with Crippen molar-refractivity contribution in [2.75, 3.05) is 13.2 Å². The average molecular weight is 335 g/mol. The first kappa shape index (κ1) is 15.8. The van der Waals surface area contributed by atoms with Crippen LogP contribution in [0.15, 0.2) is 54.6 Å². The lowest BCUT2D eigenvalue weighted by Gasteiger charge is -2.31. The summed E-state index contributed by atoms with van der Waals surface area (Å²) < 4.78 is 0. The molecule has 2 aromatic carbocycles. The van der Waals surface area contributed by atoms with E-state index < -0.39 is 5.54 Å². The summed E-state index contributed by atoms with van der Waals surface area (Å²) in [5, 5.41) is 2.87. The highest BCUT2D eigenvalue weighted by Gasteiger charge is 2.49. The summed E-state index contributed by atoms with van der Waals surface area (Å²) in [7, 11) is 0. The number of fused-ring (bicyclic) bond motifs is 1. The van der Waals surface area contributed by atoms with Crippen molar-refractivity contribution in [2.24, 2.45) is 0 Å². The topological polar surface area (TPSA) is 52.7 Å². The molecule has 0 spiro atoms. The molecule has 128 valence electrons. The Kier molecular flexibility index (Phi) is 3.81. The zero-order valence-electron chi connectivity index (χ0n) is 14.2. The first-order chi connectivity index (χ1) is 12.1. The Morgan fingerprint density at radius 2 is 1.68 bits per heavy atom. The number of imide groups is 1. The van der Waals surface area contributed by atoms with E-state index in [1.807, 2.05) is 36.4 Å². The third-order valence-electron chi connectivity index (χ3n) is 5.18. The molecule has 0 radical (unpaired) electrons. The third kappa shape index (κ3) is 2.70. The summed E-state index contributed by atoms with van der Waals surface area (Å²) >= 11 is 0. The van der Waals surface area contributed by atoms with Crippen LogP contribution in [0.25, 0.3) is 0 Å². The number of carbonyl (C=O) groups excluding carboxylic acids is 2. The van der Waals surface area contributed by atoms with Crippen LogP contribution in [0.3, 0.4) is 0 Å². The fraction of sp³-hybridized carbons (Fsp3) is 0.300. The molecule has 0 saturated carbocycles. The molecule has 3 amide bonds. The van der Waals surface area contributed by atoms with E-state index in [4.69, 9.17) is 0 Å². The van der Waals surface area contributed by atoms with Gasteiger partial charge in [0, 0.05) is 13.1 Å². The van der Waals surface area contributed by atoms with Gasteiger partial charge in [0.1, 0.15) is 5.54 Å². The lowest BCUT2D eigenvalue weighted by molar-refractivity contribution is -0.132. The van der Waals surface area contributed by atoms with Crippen molar-refractivity contribution in [3.05, 3.63) is 71.3 Å². The van der Waals surface area contributed by atoms with Gasteiger partial charge in [-0.15, -0.1) is 0 Å². The smallest absolute Gasteiger partial charge is 0.319 e. The Bertz CT molecular complexity index is 821. The summed E-state index contributed by atoms with van der Waals surface area (Å²) in [6.45, 7) is 3.70. The third-order valence-corrected chi connectivity index (χ3v) is 5.18. The van der Waals surface area contributed by atoms with Crippen LogP contribution < -0.4 is 5.32 Å². The zero-order valence-corrected chi connectivity index (χ0v) is 14.2. The Morgan fingerprint density at radius 3 is 2.44 bits per heavy atom. The maximum absolute atomic E-state index is 13.0. The van der Waals surface area contributed by atoms with Crippen LogP contribution in [0, 0.1) is 0 Å². The quantitative estimate of drug-likeness (QED) is 0.877. The van der Waals surface area contributed by atoms with Gasteiger partial charge in [-0.3, -0.25) is 9.69 Å². The van der Waals surface area contributed by atoms with Gasteiger partial charge in [0.25, 0.3) is 5.91 Å². The monoisotopic (exact) mass is 335 g/mol. The van der Waals surface area contributed by atoms with Crippen molar-refractivity contribution in [2.45, 2.75) is 25.4 Å². The Hall–Kier alpha value is -2.66. The number of amides is 3. The fourth-order valence-electron chi connectivity index (χ4n) is 3.67. The standard InChI is InChI=1S/C20H21N3O2/c1-20(17-9-3-2-4-10-17)18(24)23(19(25)21-20)14-22-12-11-15-7-5-6-8-16(15)13-22/h2-10H,11-14H2,1H3,(H,21,25)/t20-/m1/s1. The highest BCUT2D eigenvalue weighted by atomic mass is 16.2. The van der Waals surface area contributed by atoms with Crippen LogP contribution in [-0.4, -0.2) is 35.0 Å². The molecule has 2 aliphatic heterocycles. The van der Waals surface area contributed by atoms with Gasteiger partial charge >= 0.3 is 6.03 Å². The second kappa shape index (κ2) is 6.01. The molecule has 1 N–H and O–H groups in total. The van der Waals surface area contributed by atoms with E-state index in [9.17, 15) is 9.59 Å². The summed E-state index contributed by atoms with van der Waals surface area (Å²) in [5.41, 5.74) is 2.43. The highest BCUT2D eigenvalue weighted by Crippen LogP contribution is 2.29. The molecule has 2 aliphatic rings. The summed E-state index contributed by atoms with van der Waals surface area (Å²) in [4.78, 5) is 28.9. The summed E-state index contributed by atoms with van der Waals surface area (Å²) in [6, 6.07) is 17.4. The molecule has 1 atom stereocenters. The molecular formula is C20H21N3O2. The lowest BCUT2D eigenvalue weighted by Crippen LogP contribution is -2.45. The summed E-state index contributed by atoms with van der Waals surface area (Å²) in [6.07, 6.45) is 0.940. The van der Waals surface area contributed by atoms with E-state index >= 15 is 0 Å². The van der Waals surface area contributed by atoms with Crippen LogP contribution in [0.4, 0.5) is 4.79 Å². The van der Waals surface area contributed by atoms with E-state index in [2.05, 4.69) is 28.4 Å². The normalized spacial score (nSPS) is 23.5. The van der Waals surface area contributed by atoms with E-state index in [0.29, 0.717) is 6.67 Å². The van der Waals surface area contributed by atoms with Gasteiger partial charge in [-0.1, -0.05) is 54.6 Å². The van der Waals surface area contributed by atoms with Crippen molar-refractivity contribution in [3.8, 4) is 0 Å². The molecule has 2 heterocycles. The average Bonchev–Trinajstić information content (AvgIpc) is 2.86. The predicted octanol–water partition coefficient (Wildman–Crippen LogP) is 2.47. The van der Waals surface area contributed by atoms with Gasteiger partial charge in [-0.25, -0.2) is 9.69 Å². The molecule has 0 bridgehead atoms. The largest absolute Gasteiger partial charge is 0.326 e. The number of carbonyl (C=O) groups is 2. The van der Waals surface area contributed by atoms with Crippen LogP contribution in [0.1, 0.15) is 23.6 Å². The van der Waals surface area contributed by atoms with Gasteiger partial charge in [-0.05, 0) is 30.0 Å². The molecular weight excluding hydrogens is 314 g/mol. The second-order valence-corrected chi connectivity index (χ2v) is 6.87. The Morgan fingerprint density at radius 1 is 1.00 bits per heavy atom. The van der Waals surface area contributed by atoms with Gasteiger partial charge in [0.15, 0.2) is 0 Å². The van der Waals surface area contributed by atoms with Crippen LogP contribution >= 0.6 is 0 Å². The molecule has 4 rings (SSSR count). The van der Waals surface area contributed by atoms with Crippen molar-refractivity contribution >= 4 is 11.9 Å². The van der Waals surface area contributed by atoms with Crippen LogP contribution in [0.2, 0.25) is 0 Å². The molecule has 0 aromatic heterocycles. The lowest BCUT2D eigenvalue weighted by atomic mass is 9.92. The number of hydrogen-bond donors (Lipinski definition) is 1. The van der Waals surface area contributed by atoms with Crippen LogP contribution in [-0.2, 0) is 23.3 Å². The molecule has 5 heteroatoms. The van der Waals surface area contributed by atoms with Crippen molar-refractivity contribution < 1.29 is 9.59 Å².